The number of tetrazole rings is 1. The minimum atomic E-state index is -0.0105. The van der Waals surface area contributed by atoms with E-state index in [1.165, 1.54) is 0 Å². The van der Waals surface area contributed by atoms with Crippen LogP contribution in [0.2, 0.25) is 0 Å². The SMILES string of the molecule is Cc1csc(C(C)n2nnnc2N)n1. The van der Waals surface area contributed by atoms with E-state index in [-0.39, 0.29) is 6.04 Å². The fraction of sp³-hybridized carbons (Fsp3) is 0.429. The summed E-state index contributed by atoms with van der Waals surface area (Å²) in [5, 5.41) is 13.9. The lowest BCUT2D eigenvalue weighted by Crippen LogP contribution is -2.11. The summed E-state index contributed by atoms with van der Waals surface area (Å²) in [6, 6.07) is -0.0105. The summed E-state index contributed by atoms with van der Waals surface area (Å²) in [4.78, 5) is 4.35. The number of rotatable bonds is 2. The molecule has 1 atom stereocenters. The summed E-state index contributed by atoms with van der Waals surface area (Å²) < 4.78 is 1.55. The molecule has 2 rings (SSSR count). The van der Waals surface area contributed by atoms with E-state index in [0.29, 0.717) is 5.95 Å². The molecule has 2 aromatic rings. The Morgan fingerprint density at radius 1 is 1.57 bits per heavy atom. The fourth-order valence-corrected chi connectivity index (χ4v) is 1.98. The van der Waals surface area contributed by atoms with Gasteiger partial charge in [-0.3, -0.25) is 0 Å². The van der Waals surface area contributed by atoms with Crippen LogP contribution in [0.25, 0.3) is 0 Å². The first-order valence-corrected chi connectivity index (χ1v) is 5.02. The first kappa shape index (κ1) is 9.07. The highest BCUT2D eigenvalue weighted by Gasteiger charge is 2.15. The van der Waals surface area contributed by atoms with Crippen molar-refractivity contribution in [3.63, 3.8) is 0 Å². The van der Waals surface area contributed by atoms with Gasteiger partial charge in [0.2, 0.25) is 5.95 Å². The van der Waals surface area contributed by atoms with Crippen LogP contribution in [0.5, 0.6) is 0 Å². The minimum Gasteiger partial charge on any atom is -0.367 e. The zero-order chi connectivity index (χ0) is 10.1. The molecule has 0 saturated carbocycles. The lowest BCUT2D eigenvalue weighted by atomic mass is 10.3. The molecule has 0 spiro atoms. The normalized spacial score (nSPS) is 13.0. The number of thiazole rings is 1. The molecular weight excluding hydrogens is 200 g/mol. The van der Waals surface area contributed by atoms with Gasteiger partial charge in [0.1, 0.15) is 11.0 Å². The van der Waals surface area contributed by atoms with Gasteiger partial charge in [-0.15, -0.1) is 11.3 Å². The summed E-state index contributed by atoms with van der Waals surface area (Å²) in [5.74, 6) is 0.311. The topological polar surface area (TPSA) is 82.5 Å². The van der Waals surface area contributed by atoms with Crippen LogP contribution >= 0.6 is 11.3 Å². The predicted molar refractivity (Wildman–Crippen MR) is 52.9 cm³/mol. The number of nitrogens with two attached hydrogens (primary N) is 1. The molecule has 14 heavy (non-hydrogen) atoms. The van der Waals surface area contributed by atoms with Crippen LogP contribution in [0.4, 0.5) is 5.95 Å². The Kier molecular flexibility index (Phi) is 2.16. The average Bonchev–Trinajstić information content (AvgIpc) is 2.73. The van der Waals surface area contributed by atoms with Crippen molar-refractivity contribution in [2.75, 3.05) is 5.73 Å². The van der Waals surface area contributed by atoms with E-state index in [1.807, 2.05) is 19.2 Å². The van der Waals surface area contributed by atoms with Crippen LogP contribution in [0, 0.1) is 6.92 Å². The molecule has 1 unspecified atom stereocenters. The van der Waals surface area contributed by atoms with Gasteiger partial charge >= 0.3 is 0 Å². The predicted octanol–water partition coefficient (Wildman–Crippen LogP) is 0.630. The molecule has 6 nitrogen and oxygen atoms in total. The number of hydrogen-bond acceptors (Lipinski definition) is 6. The van der Waals surface area contributed by atoms with Gasteiger partial charge in [0.05, 0.1) is 0 Å². The van der Waals surface area contributed by atoms with Crippen LogP contribution in [-0.4, -0.2) is 25.2 Å². The van der Waals surface area contributed by atoms with E-state index in [9.17, 15) is 0 Å². The van der Waals surface area contributed by atoms with Crippen molar-refractivity contribution < 1.29 is 0 Å². The third-order valence-electron chi connectivity index (χ3n) is 1.88. The number of nitrogens with zero attached hydrogens (tertiary/aromatic N) is 5. The minimum absolute atomic E-state index is 0.0105. The first-order valence-electron chi connectivity index (χ1n) is 4.14. The van der Waals surface area contributed by atoms with Crippen LogP contribution in [0.1, 0.15) is 23.7 Å². The summed E-state index contributed by atoms with van der Waals surface area (Å²) in [6.07, 6.45) is 0. The molecule has 0 aromatic carbocycles. The van der Waals surface area contributed by atoms with E-state index in [0.717, 1.165) is 10.7 Å². The number of nitrogen functional groups attached to an aromatic ring is 1. The maximum absolute atomic E-state index is 5.59. The lowest BCUT2D eigenvalue weighted by Gasteiger charge is -2.07. The van der Waals surface area contributed by atoms with Crippen molar-refractivity contribution in [3.8, 4) is 0 Å². The van der Waals surface area contributed by atoms with Crippen molar-refractivity contribution in [2.45, 2.75) is 19.9 Å². The van der Waals surface area contributed by atoms with E-state index in [1.54, 1.807) is 16.0 Å². The third-order valence-corrected chi connectivity index (χ3v) is 3.01. The van der Waals surface area contributed by atoms with Crippen LogP contribution < -0.4 is 5.73 Å². The van der Waals surface area contributed by atoms with E-state index in [4.69, 9.17) is 5.73 Å². The van der Waals surface area contributed by atoms with E-state index in [2.05, 4.69) is 20.5 Å². The number of hydrogen-bond donors (Lipinski definition) is 1. The second kappa shape index (κ2) is 3.33. The lowest BCUT2D eigenvalue weighted by molar-refractivity contribution is 0.547. The molecule has 2 aromatic heterocycles. The average molecular weight is 210 g/mol. The summed E-state index contributed by atoms with van der Waals surface area (Å²) in [5.41, 5.74) is 6.59. The van der Waals surface area contributed by atoms with Crippen LogP contribution in [0.3, 0.4) is 0 Å². The van der Waals surface area contributed by atoms with Crippen LogP contribution in [-0.2, 0) is 0 Å². The van der Waals surface area contributed by atoms with Gasteiger partial charge in [0, 0.05) is 11.1 Å². The number of aryl methyl sites for hydroxylation is 1. The van der Waals surface area contributed by atoms with Gasteiger partial charge in [-0.25, -0.2) is 9.67 Å². The Labute approximate surface area is 84.8 Å². The molecule has 2 heterocycles. The van der Waals surface area contributed by atoms with Gasteiger partial charge < -0.3 is 5.73 Å². The Balaban J connectivity index is 2.33. The molecule has 74 valence electrons. The van der Waals surface area contributed by atoms with Crippen molar-refractivity contribution >= 4 is 17.3 Å². The first-order chi connectivity index (χ1) is 6.68. The summed E-state index contributed by atoms with van der Waals surface area (Å²) in [6.45, 7) is 3.92. The molecule has 0 radical (unpaired) electrons. The largest absolute Gasteiger partial charge is 0.367 e. The maximum Gasteiger partial charge on any atom is 0.240 e. The molecule has 0 aliphatic rings. The standard InChI is InChI=1S/C7H10N6S/c1-4-3-14-6(9-4)5(2)13-7(8)10-11-12-13/h3,5H,1-2H3,(H2,8,10,12). The maximum atomic E-state index is 5.59. The zero-order valence-electron chi connectivity index (χ0n) is 7.88. The van der Waals surface area contributed by atoms with E-state index >= 15 is 0 Å². The van der Waals surface area contributed by atoms with Crippen molar-refractivity contribution in [1.82, 2.24) is 25.2 Å². The Bertz CT molecular complexity index is 433. The Morgan fingerprint density at radius 3 is 2.86 bits per heavy atom. The molecule has 0 saturated heterocycles. The Morgan fingerprint density at radius 2 is 2.36 bits per heavy atom. The zero-order valence-corrected chi connectivity index (χ0v) is 8.69. The van der Waals surface area contributed by atoms with Gasteiger partial charge in [-0.2, -0.15) is 0 Å². The highest BCUT2D eigenvalue weighted by atomic mass is 32.1. The fourth-order valence-electron chi connectivity index (χ4n) is 1.15. The highest BCUT2D eigenvalue weighted by Crippen LogP contribution is 2.21. The second-order valence-electron chi connectivity index (χ2n) is 2.98. The van der Waals surface area contributed by atoms with Crippen molar-refractivity contribution in [3.05, 3.63) is 16.1 Å². The van der Waals surface area contributed by atoms with E-state index < -0.39 is 0 Å². The number of aromatic nitrogens is 5. The molecule has 0 bridgehead atoms. The molecular formula is C7H10N6S. The monoisotopic (exact) mass is 210 g/mol. The van der Waals surface area contributed by atoms with Crippen LogP contribution in [0.15, 0.2) is 5.38 Å². The number of anilines is 1. The summed E-state index contributed by atoms with van der Waals surface area (Å²) in [7, 11) is 0. The second-order valence-corrected chi connectivity index (χ2v) is 3.87. The van der Waals surface area contributed by atoms with Gasteiger partial charge in [0.15, 0.2) is 0 Å². The quantitative estimate of drug-likeness (QED) is 0.786. The molecule has 0 aliphatic carbocycles. The van der Waals surface area contributed by atoms with Gasteiger partial charge in [-0.1, -0.05) is 5.10 Å². The van der Waals surface area contributed by atoms with Gasteiger partial charge in [-0.05, 0) is 24.3 Å². The molecule has 2 N–H and O–H groups in total. The molecule has 0 aliphatic heterocycles. The summed E-state index contributed by atoms with van der Waals surface area (Å²) >= 11 is 1.58. The smallest absolute Gasteiger partial charge is 0.240 e. The molecule has 0 fully saturated rings. The van der Waals surface area contributed by atoms with Crippen molar-refractivity contribution in [1.29, 1.82) is 0 Å². The highest BCUT2D eigenvalue weighted by molar-refractivity contribution is 7.09. The Hall–Kier alpha value is -1.50. The third kappa shape index (κ3) is 1.46. The van der Waals surface area contributed by atoms with Crippen molar-refractivity contribution in [2.24, 2.45) is 0 Å². The molecule has 7 heteroatoms. The van der Waals surface area contributed by atoms with Gasteiger partial charge in [0.25, 0.3) is 0 Å². The molecule has 0 amide bonds.